The molecule has 0 aliphatic heterocycles. The van der Waals surface area contributed by atoms with Gasteiger partial charge in [-0.2, -0.15) is 0 Å². The lowest BCUT2D eigenvalue weighted by Gasteiger charge is -2.20. The molecule has 0 aliphatic rings. The zero-order valence-corrected chi connectivity index (χ0v) is 10.5. The van der Waals surface area contributed by atoms with Crippen molar-refractivity contribution >= 4 is 9.84 Å². The van der Waals surface area contributed by atoms with Crippen molar-refractivity contribution in [2.75, 3.05) is 0 Å². The van der Waals surface area contributed by atoms with E-state index in [0.717, 1.165) is 4.68 Å². The molecule has 16 heavy (non-hydrogen) atoms. The predicted octanol–water partition coefficient (Wildman–Crippen LogP) is 0.907. The number of sulfone groups is 1. The van der Waals surface area contributed by atoms with Gasteiger partial charge < -0.3 is 0 Å². The molecule has 8 heteroatoms. The van der Waals surface area contributed by atoms with Crippen molar-refractivity contribution in [2.24, 2.45) is 0 Å². The largest absolute Gasteiger partial charge is 0.271 e. The topological polar surface area (TPSA) is 77.7 Å². The maximum Gasteiger partial charge on any atom is 0.271 e. The minimum Gasteiger partial charge on any atom is -0.230 e. The molecule has 0 radical (unpaired) electrons. The first-order valence-electron chi connectivity index (χ1n) is 4.88. The summed E-state index contributed by atoms with van der Waals surface area (Å²) in [5.74, 6) is 0. The molecule has 1 unspecified atom stereocenters. The third kappa shape index (κ3) is 2.21. The average Bonchev–Trinajstić information content (AvgIpc) is 2.64. The van der Waals surface area contributed by atoms with Gasteiger partial charge in [-0.1, -0.05) is 12.0 Å². The van der Waals surface area contributed by atoms with Crippen LogP contribution in [0.25, 0.3) is 0 Å². The van der Waals surface area contributed by atoms with E-state index in [1.54, 1.807) is 20.8 Å². The van der Waals surface area contributed by atoms with Gasteiger partial charge in [0.05, 0.1) is 5.54 Å². The van der Waals surface area contributed by atoms with Crippen molar-refractivity contribution < 1.29 is 12.8 Å². The molecule has 0 amide bonds. The van der Waals surface area contributed by atoms with Gasteiger partial charge in [-0.15, -0.1) is 0 Å². The number of halogens is 1. The van der Waals surface area contributed by atoms with E-state index < -0.39 is 26.0 Å². The van der Waals surface area contributed by atoms with Crippen LogP contribution in [-0.4, -0.2) is 34.1 Å². The molecule has 0 N–H and O–H groups in total. The summed E-state index contributed by atoms with van der Waals surface area (Å²) in [6, 6.07) is 0. The third-order valence-corrected chi connectivity index (χ3v) is 3.76. The van der Waals surface area contributed by atoms with Gasteiger partial charge in [-0.25, -0.2) is 17.5 Å². The van der Waals surface area contributed by atoms with Crippen LogP contribution in [0.15, 0.2) is 5.16 Å². The van der Waals surface area contributed by atoms with Crippen LogP contribution in [0.5, 0.6) is 0 Å². The van der Waals surface area contributed by atoms with Crippen molar-refractivity contribution in [2.45, 2.75) is 50.3 Å². The van der Waals surface area contributed by atoms with Gasteiger partial charge in [0.2, 0.25) is 15.3 Å². The molecular formula is C8H15FN4O2S. The number of tetrazole rings is 1. The van der Waals surface area contributed by atoms with Gasteiger partial charge in [-0.3, -0.25) is 0 Å². The number of aromatic nitrogens is 4. The summed E-state index contributed by atoms with van der Waals surface area (Å²) in [6.07, 6.45) is -0.126. The molecule has 1 atom stereocenters. The Labute approximate surface area is 93.8 Å². The molecular weight excluding hydrogens is 235 g/mol. The summed E-state index contributed by atoms with van der Waals surface area (Å²) >= 11 is 0. The van der Waals surface area contributed by atoms with Crippen LogP contribution in [-0.2, 0) is 15.4 Å². The molecule has 0 saturated heterocycles. The molecule has 6 nitrogen and oxygen atoms in total. The van der Waals surface area contributed by atoms with Crippen LogP contribution >= 0.6 is 0 Å². The van der Waals surface area contributed by atoms with Crippen LogP contribution in [0.3, 0.4) is 0 Å². The minimum atomic E-state index is -4.10. The van der Waals surface area contributed by atoms with Gasteiger partial charge in [0.25, 0.3) is 5.16 Å². The van der Waals surface area contributed by atoms with Gasteiger partial charge >= 0.3 is 0 Å². The van der Waals surface area contributed by atoms with Crippen molar-refractivity contribution in [3.8, 4) is 0 Å². The number of hydrogen-bond acceptors (Lipinski definition) is 5. The standard InChI is InChI=1S/C8H15FN4O2S/c1-5-6(9)16(14,15)7-10-11-12-13(7)8(2,3)4/h6H,5H2,1-4H3. The fourth-order valence-electron chi connectivity index (χ4n) is 1.11. The lowest BCUT2D eigenvalue weighted by molar-refractivity contribution is 0.312. The molecule has 0 aromatic carbocycles. The third-order valence-electron chi connectivity index (χ3n) is 1.99. The summed E-state index contributed by atoms with van der Waals surface area (Å²) in [5.41, 5.74) is -2.58. The monoisotopic (exact) mass is 250 g/mol. The molecule has 0 spiro atoms. The van der Waals surface area contributed by atoms with E-state index in [4.69, 9.17) is 0 Å². The van der Waals surface area contributed by atoms with Crippen molar-refractivity contribution in [1.29, 1.82) is 0 Å². The Morgan fingerprint density at radius 3 is 2.44 bits per heavy atom. The molecule has 0 aliphatic carbocycles. The fraction of sp³-hybridized carbons (Fsp3) is 0.875. The van der Waals surface area contributed by atoms with Crippen LogP contribution in [0.4, 0.5) is 4.39 Å². The summed E-state index contributed by atoms with van der Waals surface area (Å²) in [7, 11) is -4.10. The molecule has 1 aromatic heterocycles. The highest BCUT2D eigenvalue weighted by Crippen LogP contribution is 2.21. The molecule has 1 heterocycles. The van der Waals surface area contributed by atoms with Crippen LogP contribution < -0.4 is 0 Å². The molecule has 0 bridgehead atoms. The first-order valence-corrected chi connectivity index (χ1v) is 6.42. The fourth-order valence-corrected chi connectivity index (χ4v) is 2.48. The summed E-state index contributed by atoms with van der Waals surface area (Å²) in [4.78, 5) is 0. The molecule has 92 valence electrons. The molecule has 1 rings (SSSR count). The van der Waals surface area contributed by atoms with Gasteiger partial charge in [0, 0.05) is 0 Å². The van der Waals surface area contributed by atoms with E-state index in [2.05, 4.69) is 15.5 Å². The second-order valence-corrected chi connectivity index (χ2v) is 6.37. The normalized spacial score (nSPS) is 15.1. The highest BCUT2D eigenvalue weighted by molar-refractivity contribution is 7.91. The van der Waals surface area contributed by atoms with E-state index in [-0.39, 0.29) is 6.42 Å². The van der Waals surface area contributed by atoms with Crippen molar-refractivity contribution in [3.63, 3.8) is 0 Å². The van der Waals surface area contributed by atoms with E-state index in [0.29, 0.717) is 0 Å². The summed E-state index contributed by atoms with van der Waals surface area (Å²) in [6.45, 7) is 6.66. The van der Waals surface area contributed by atoms with Gasteiger partial charge in [0.1, 0.15) is 0 Å². The Morgan fingerprint density at radius 1 is 1.44 bits per heavy atom. The van der Waals surface area contributed by atoms with E-state index >= 15 is 0 Å². The quantitative estimate of drug-likeness (QED) is 0.796. The van der Waals surface area contributed by atoms with E-state index in [1.165, 1.54) is 6.92 Å². The Bertz CT molecular complexity index is 463. The lowest BCUT2D eigenvalue weighted by Crippen LogP contribution is -2.29. The van der Waals surface area contributed by atoms with E-state index in [1.807, 2.05) is 0 Å². The number of hydrogen-bond donors (Lipinski definition) is 0. The Balaban J connectivity index is 3.31. The van der Waals surface area contributed by atoms with Gasteiger partial charge in [-0.05, 0) is 37.6 Å². The average molecular weight is 250 g/mol. The zero-order chi connectivity index (χ0) is 12.6. The maximum absolute atomic E-state index is 13.3. The first kappa shape index (κ1) is 13.0. The lowest BCUT2D eigenvalue weighted by atomic mass is 10.1. The number of nitrogens with zero attached hydrogens (tertiary/aromatic N) is 4. The highest BCUT2D eigenvalue weighted by Gasteiger charge is 2.34. The SMILES string of the molecule is CCC(F)S(=O)(=O)c1nnnn1C(C)(C)C. The molecule has 0 saturated carbocycles. The Kier molecular flexibility index (Phi) is 3.32. The predicted molar refractivity (Wildman–Crippen MR) is 55.2 cm³/mol. The second-order valence-electron chi connectivity index (χ2n) is 4.41. The van der Waals surface area contributed by atoms with Gasteiger partial charge in [0.15, 0.2) is 0 Å². The Hall–Kier alpha value is -1.05. The minimum absolute atomic E-state index is 0.126. The first-order chi connectivity index (χ1) is 7.21. The summed E-state index contributed by atoms with van der Waals surface area (Å²) in [5, 5.41) is 9.84. The van der Waals surface area contributed by atoms with E-state index in [9.17, 15) is 12.8 Å². The number of rotatable bonds is 3. The highest BCUT2D eigenvalue weighted by atomic mass is 32.2. The maximum atomic E-state index is 13.3. The summed E-state index contributed by atoms with van der Waals surface area (Å²) < 4.78 is 38.0. The second kappa shape index (κ2) is 4.08. The van der Waals surface area contributed by atoms with Crippen molar-refractivity contribution in [3.05, 3.63) is 0 Å². The Morgan fingerprint density at radius 2 is 2.00 bits per heavy atom. The van der Waals surface area contributed by atoms with Crippen LogP contribution in [0.1, 0.15) is 34.1 Å². The molecule has 1 aromatic rings. The smallest absolute Gasteiger partial charge is 0.230 e. The van der Waals surface area contributed by atoms with Crippen LogP contribution in [0.2, 0.25) is 0 Å². The van der Waals surface area contributed by atoms with Crippen molar-refractivity contribution in [1.82, 2.24) is 20.2 Å². The van der Waals surface area contributed by atoms with Crippen LogP contribution in [0, 0.1) is 0 Å². The molecule has 0 fully saturated rings. The number of alkyl halides is 1. The zero-order valence-electron chi connectivity index (χ0n) is 9.68.